The van der Waals surface area contributed by atoms with Crippen LogP contribution >= 0.6 is 0 Å². The van der Waals surface area contributed by atoms with Crippen LogP contribution in [0.15, 0.2) is 0 Å². The Morgan fingerprint density at radius 2 is 1.43 bits per heavy atom. The van der Waals surface area contributed by atoms with Crippen molar-refractivity contribution < 1.29 is 18.7 Å². The third-order valence-electron chi connectivity index (χ3n) is 7.79. The van der Waals surface area contributed by atoms with E-state index >= 15 is 0 Å². The summed E-state index contributed by atoms with van der Waals surface area (Å²) in [6.07, 6.45) is -0.775. The maximum atomic E-state index is 10.3. The van der Waals surface area contributed by atoms with Crippen LogP contribution in [-0.2, 0) is 13.6 Å². The van der Waals surface area contributed by atoms with Gasteiger partial charge in [0.1, 0.15) is 6.23 Å². The SMILES string of the molecule is CC(C)(C)[Si](C)(C)OCC1N[C@@H]1C1O[C@@H](O)C2C(CO[Si](C)(C)C(C)(C)C)N12. The predicted molar refractivity (Wildman–Crippen MR) is 117 cm³/mol. The number of fused-ring (bicyclic) bond motifs is 1. The van der Waals surface area contributed by atoms with Crippen molar-refractivity contribution in [2.45, 2.75) is 114 Å². The van der Waals surface area contributed by atoms with Crippen LogP contribution < -0.4 is 5.32 Å². The summed E-state index contributed by atoms with van der Waals surface area (Å²) in [7, 11) is -3.52. The molecule has 0 aromatic carbocycles. The van der Waals surface area contributed by atoms with Gasteiger partial charge in [-0.05, 0) is 36.3 Å². The summed E-state index contributed by atoms with van der Waals surface area (Å²) >= 11 is 0. The lowest BCUT2D eigenvalue weighted by Gasteiger charge is -2.36. The average molecular weight is 431 g/mol. The van der Waals surface area contributed by atoms with E-state index in [1.165, 1.54) is 0 Å². The minimum Gasteiger partial charge on any atom is -0.415 e. The van der Waals surface area contributed by atoms with Crippen LogP contribution in [0.3, 0.4) is 0 Å². The lowest BCUT2D eigenvalue weighted by Crippen LogP contribution is -2.43. The molecule has 3 aliphatic heterocycles. The van der Waals surface area contributed by atoms with Gasteiger partial charge in [0, 0.05) is 6.04 Å². The molecule has 3 aliphatic rings. The fourth-order valence-electron chi connectivity index (χ4n) is 3.41. The highest BCUT2D eigenvalue weighted by molar-refractivity contribution is 6.74. The molecule has 0 bridgehead atoms. The monoisotopic (exact) mass is 430 g/mol. The zero-order valence-corrected chi connectivity index (χ0v) is 21.5. The number of hydrogen-bond donors (Lipinski definition) is 2. The molecule has 8 heteroatoms. The summed E-state index contributed by atoms with van der Waals surface area (Å²) in [5.41, 5.74) is 0. The van der Waals surface area contributed by atoms with Gasteiger partial charge in [0.15, 0.2) is 22.9 Å². The number of nitrogens with one attached hydrogen (secondary N) is 1. The quantitative estimate of drug-likeness (QED) is 0.478. The summed E-state index contributed by atoms with van der Waals surface area (Å²) < 4.78 is 18.6. The van der Waals surface area contributed by atoms with Crippen molar-refractivity contribution >= 4 is 16.6 Å². The highest BCUT2D eigenvalue weighted by atomic mass is 28.4. The Kier molecular flexibility index (Phi) is 5.81. The molecule has 0 aromatic rings. The van der Waals surface area contributed by atoms with Gasteiger partial charge in [-0.15, -0.1) is 0 Å². The van der Waals surface area contributed by atoms with Crippen molar-refractivity contribution in [2.75, 3.05) is 13.2 Å². The van der Waals surface area contributed by atoms with Crippen molar-refractivity contribution in [2.24, 2.45) is 0 Å². The molecular weight excluding hydrogens is 388 g/mol. The number of nitrogens with zero attached hydrogens (tertiary/aromatic N) is 1. The summed E-state index contributed by atoms with van der Waals surface area (Å²) in [4.78, 5) is 2.29. The van der Waals surface area contributed by atoms with Crippen LogP contribution in [0.2, 0.25) is 36.3 Å². The number of ether oxygens (including phenoxy) is 1. The molecule has 0 radical (unpaired) electrons. The Morgan fingerprint density at radius 3 is 1.93 bits per heavy atom. The van der Waals surface area contributed by atoms with Gasteiger partial charge in [-0.3, -0.25) is 4.90 Å². The Labute approximate surface area is 173 Å². The molecule has 0 saturated carbocycles. The number of hydrogen-bond acceptors (Lipinski definition) is 6. The van der Waals surface area contributed by atoms with Crippen molar-refractivity contribution in [3.05, 3.63) is 0 Å². The minimum absolute atomic E-state index is 0.0685. The number of aliphatic hydroxyl groups is 1. The van der Waals surface area contributed by atoms with Crippen LogP contribution in [0, 0.1) is 0 Å². The van der Waals surface area contributed by atoms with Gasteiger partial charge in [-0.1, -0.05) is 41.5 Å². The molecule has 7 atom stereocenters. The van der Waals surface area contributed by atoms with E-state index in [4.69, 9.17) is 13.6 Å². The van der Waals surface area contributed by atoms with E-state index in [-0.39, 0.29) is 34.4 Å². The molecule has 3 heterocycles. The largest absolute Gasteiger partial charge is 0.415 e. The van der Waals surface area contributed by atoms with Gasteiger partial charge in [0.05, 0.1) is 31.3 Å². The van der Waals surface area contributed by atoms with Gasteiger partial charge in [-0.25, -0.2) is 0 Å². The maximum Gasteiger partial charge on any atom is 0.192 e. The highest BCUT2D eigenvalue weighted by Gasteiger charge is 2.66. The van der Waals surface area contributed by atoms with E-state index in [2.05, 4.69) is 77.9 Å². The molecule has 2 N–H and O–H groups in total. The lowest BCUT2D eigenvalue weighted by molar-refractivity contribution is -0.119. The summed E-state index contributed by atoms with van der Waals surface area (Å²) in [5, 5.41) is 14.3. The van der Waals surface area contributed by atoms with Crippen LogP contribution in [0.4, 0.5) is 0 Å². The fourth-order valence-corrected chi connectivity index (χ4v) is 5.46. The zero-order chi connectivity index (χ0) is 21.3. The molecule has 3 rings (SSSR count). The topological polar surface area (TPSA) is 72.9 Å². The standard InChI is InChI=1S/C20H42N2O4Si2/c1-19(2,3)27(7,8)24-11-13-15(21-13)17-22-14(16(22)18(23)26-17)12-25-28(9,10)20(4,5)6/h13-18,21,23H,11-12H2,1-10H3/t13?,14?,15-,16?,17?,18+,22?/m0/s1. The Morgan fingerprint density at radius 1 is 0.929 bits per heavy atom. The van der Waals surface area contributed by atoms with Crippen LogP contribution in [0.1, 0.15) is 41.5 Å². The van der Waals surface area contributed by atoms with Gasteiger partial charge in [0.2, 0.25) is 0 Å². The number of aliphatic hydroxyl groups excluding tert-OH is 1. The molecule has 3 saturated heterocycles. The van der Waals surface area contributed by atoms with Crippen LogP contribution in [-0.4, -0.2) is 76.5 Å². The van der Waals surface area contributed by atoms with E-state index in [0.29, 0.717) is 12.6 Å². The zero-order valence-electron chi connectivity index (χ0n) is 19.5. The summed E-state index contributed by atoms with van der Waals surface area (Å²) in [5.74, 6) is 0. The maximum absolute atomic E-state index is 10.3. The molecule has 0 aliphatic carbocycles. The van der Waals surface area contributed by atoms with E-state index < -0.39 is 22.9 Å². The molecule has 0 spiro atoms. The molecule has 164 valence electrons. The van der Waals surface area contributed by atoms with Crippen molar-refractivity contribution in [1.29, 1.82) is 0 Å². The van der Waals surface area contributed by atoms with E-state index in [0.717, 1.165) is 6.61 Å². The molecule has 3 fully saturated rings. The first-order chi connectivity index (χ1) is 12.6. The normalized spacial score (nSPS) is 38.5. The Balaban J connectivity index is 1.50. The lowest BCUT2D eigenvalue weighted by atomic mass is 10.2. The smallest absolute Gasteiger partial charge is 0.192 e. The first kappa shape index (κ1) is 22.9. The van der Waals surface area contributed by atoms with Gasteiger partial charge in [-0.2, -0.15) is 0 Å². The first-order valence-electron chi connectivity index (χ1n) is 10.7. The molecule has 28 heavy (non-hydrogen) atoms. The third kappa shape index (κ3) is 4.30. The second-order valence-electron chi connectivity index (χ2n) is 11.9. The van der Waals surface area contributed by atoms with Crippen molar-refractivity contribution in [1.82, 2.24) is 10.2 Å². The molecule has 5 unspecified atom stereocenters. The summed E-state index contributed by atoms with van der Waals surface area (Å²) in [6, 6.07) is 0.904. The minimum atomic E-state index is -1.78. The summed E-state index contributed by atoms with van der Waals surface area (Å²) in [6.45, 7) is 24.1. The second kappa shape index (κ2) is 7.12. The van der Waals surface area contributed by atoms with E-state index in [1.54, 1.807) is 0 Å². The number of rotatable bonds is 7. The average Bonchev–Trinajstić information content (AvgIpc) is 3.40. The van der Waals surface area contributed by atoms with Gasteiger partial charge in [0.25, 0.3) is 0 Å². The fraction of sp³-hybridized carbons (Fsp3) is 1.00. The van der Waals surface area contributed by atoms with Crippen molar-refractivity contribution in [3.8, 4) is 0 Å². The van der Waals surface area contributed by atoms with Gasteiger partial charge >= 0.3 is 0 Å². The van der Waals surface area contributed by atoms with Gasteiger partial charge < -0.3 is 24.0 Å². The van der Waals surface area contributed by atoms with Crippen molar-refractivity contribution in [3.63, 3.8) is 0 Å². The molecule has 6 nitrogen and oxygen atoms in total. The molecule has 0 amide bonds. The highest BCUT2D eigenvalue weighted by Crippen LogP contribution is 2.46. The Bertz CT molecular complexity index is 588. The Hall–Kier alpha value is 0.194. The van der Waals surface area contributed by atoms with E-state index in [1.807, 2.05) is 0 Å². The van der Waals surface area contributed by atoms with Crippen LogP contribution in [0.5, 0.6) is 0 Å². The predicted octanol–water partition coefficient (Wildman–Crippen LogP) is 3.10. The van der Waals surface area contributed by atoms with E-state index in [9.17, 15) is 5.11 Å². The third-order valence-corrected chi connectivity index (χ3v) is 16.8. The first-order valence-corrected chi connectivity index (χ1v) is 16.5. The second-order valence-corrected chi connectivity index (χ2v) is 21.5. The molecule has 0 aromatic heterocycles. The van der Waals surface area contributed by atoms with Crippen LogP contribution in [0.25, 0.3) is 0 Å². The molecular formula is C20H42N2O4Si2.